The summed E-state index contributed by atoms with van der Waals surface area (Å²) in [7, 11) is 0. The second kappa shape index (κ2) is 8.20. The predicted octanol–water partition coefficient (Wildman–Crippen LogP) is 2.01. The van der Waals surface area contributed by atoms with Crippen LogP contribution in [0.1, 0.15) is 0 Å². The summed E-state index contributed by atoms with van der Waals surface area (Å²) in [6, 6.07) is 14.7. The molecule has 0 bridgehead atoms. The van der Waals surface area contributed by atoms with Gasteiger partial charge in [0.15, 0.2) is 0 Å². The maximum absolute atomic E-state index is 12.0. The average molecular weight is 362 g/mol. The molecule has 3 rings (SSSR count). The van der Waals surface area contributed by atoms with Crippen LogP contribution in [0, 0.1) is 0 Å². The summed E-state index contributed by atoms with van der Waals surface area (Å²) in [5.74, 6) is 0.550. The number of ether oxygens (including phenoxy) is 1. The van der Waals surface area contributed by atoms with Gasteiger partial charge in [0.1, 0.15) is 18.5 Å². The number of nitrogens with one attached hydrogen (secondary N) is 2. The lowest BCUT2D eigenvalue weighted by atomic mass is 10.3. The fourth-order valence-electron chi connectivity index (χ4n) is 2.60. The van der Waals surface area contributed by atoms with E-state index in [0.717, 1.165) is 11.0 Å². The van der Waals surface area contributed by atoms with Crippen molar-refractivity contribution in [3.8, 4) is 5.75 Å². The smallest absolute Gasteiger partial charge is 0.326 e. The fraction of sp³-hybridized carbons (Fsp3) is 0.278. The second-order valence-corrected chi connectivity index (χ2v) is 6.11. The minimum atomic E-state index is -0.670. The number of rotatable bonds is 8. The zero-order valence-electron chi connectivity index (χ0n) is 13.6. The molecule has 0 saturated carbocycles. The summed E-state index contributed by atoms with van der Waals surface area (Å²) in [5, 5.41) is 13.6. The van der Waals surface area contributed by atoms with E-state index in [2.05, 4.69) is 10.3 Å². The number of aliphatic hydroxyl groups is 1. The molecule has 0 amide bonds. The summed E-state index contributed by atoms with van der Waals surface area (Å²) in [4.78, 5) is 14.8. The van der Waals surface area contributed by atoms with E-state index in [1.54, 1.807) is 16.7 Å². The van der Waals surface area contributed by atoms with Crippen molar-refractivity contribution in [1.82, 2.24) is 14.9 Å². The molecule has 0 fully saturated rings. The van der Waals surface area contributed by atoms with Crippen molar-refractivity contribution in [2.75, 3.05) is 19.7 Å². The van der Waals surface area contributed by atoms with Crippen LogP contribution in [0.25, 0.3) is 11.0 Å². The number of benzene rings is 2. The number of hydrogen-bond acceptors (Lipinski definition) is 4. The number of aliphatic hydroxyl groups excluding tert-OH is 1. The van der Waals surface area contributed by atoms with Gasteiger partial charge in [0, 0.05) is 19.6 Å². The van der Waals surface area contributed by atoms with Gasteiger partial charge in [-0.1, -0.05) is 35.9 Å². The van der Waals surface area contributed by atoms with Crippen LogP contribution >= 0.6 is 11.6 Å². The number of halogens is 1. The molecule has 0 aliphatic rings. The van der Waals surface area contributed by atoms with E-state index in [1.807, 2.05) is 36.4 Å². The van der Waals surface area contributed by atoms with Gasteiger partial charge in [-0.3, -0.25) is 4.57 Å². The molecule has 2 aromatic carbocycles. The van der Waals surface area contributed by atoms with Gasteiger partial charge < -0.3 is 20.1 Å². The fourth-order valence-corrected chi connectivity index (χ4v) is 2.79. The molecule has 1 heterocycles. The number of aromatic amines is 1. The number of nitrogens with zero attached hydrogens (tertiary/aromatic N) is 1. The third-order valence-corrected chi connectivity index (χ3v) is 4.15. The Labute approximate surface area is 150 Å². The molecule has 25 heavy (non-hydrogen) atoms. The van der Waals surface area contributed by atoms with Gasteiger partial charge in [-0.25, -0.2) is 4.79 Å². The Morgan fingerprint density at radius 1 is 1.20 bits per heavy atom. The summed E-state index contributed by atoms with van der Waals surface area (Å²) in [6.07, 6.45) is -0.670. The van der Waals surface area contributed by atoms with Crippen molar-refractivity contribution in [2.45, 2.75) is 12.6 Å². The topological polar surface area (TPSA) is 79.3 Å². The van der Waals surface area contributed by atoms with Gasteiger partial charge in [0.2, 0.25) is 0 Å². The van der Waals surface area contributed by atoms with E-state index in [9.17, 15) is 9.90 Å². The third-order valence-electron chi connectivity index (χ3n) is 3.84. The molecule has 0 radical (unpaired) electrons. The molecule has 1 atom stereocenters. The van der Waals surface area contributed by atoms with Crippen molar-refractivity contribution in [2.24, 2.45) is 0 Å². The lowest BCUT2D eigenvalue weighted by molar-refractivity contribution is 0.106. The number of H-pyrrole nitrogens is 1. The van der Waals surface area contributed by atoms with E-state index in [-0.39, 0.29) is 12.3 Å². The number of para-hydroxylation sites is 3. The van der Waals surface area contributed by atoms with Crippen LogP contribution in [0.4, 0.5) is 0 Å². The summed E-state index contributed by atoms with van der Waals surface area (Å²) < 4.78 is 7.17. The molecule has 3 N–H and O–H groups in total. The monoisotopic (exact) mass is 361 g/mol. The highest BCUT2D eigenvalue weighted by Crippen LogP contribution is 2.23. The number of fused-ring (bicyclic) bond motifs is 1. The van der Waals surface area contributed by atoms with E-state index in [1.165, 1.54) is 0 Å². The number of hydrogen-bond donors (Lipinski definition) is 3. The maximum Gasteiger partial charge on any atom is 0.326 e. The average Bonchev–Trinajstić information content (AvgIpc) is 2.93. The Kier molecular flexibility index (Phi) is 5.75. The second-order valence-electron chi connectivity index (χ2n) is 5.70. The van der Waals surface area contributed by atoms with Crippen LogP contribution in [-0.2, 0) is 6.54 Å². The largest absolute Gasteiger partial charge is 0.489 e. The maximum atomic E-state index is 12.0. The van der Waals surface area contributed by atoms with Crippen molar-refractivity contribution in [1.29, 1.82) is 0 Å². The van der Waals surface area contributed by atoms with E-state index < -0.39 is 6.10 Å². The van der Waals surface area contributed by atoms with Crippen molar-refractivity contribution < 1.29 is 9.84 Å². The van der Waals surface area contributed by atoms with Crippen molar-refractivity contribution in [3.63, 3.8) is 0 Å². The van der Waals surface area contributed by atoms with Crippen molar-refractivity contribution >= 4 is 22.6 Å². The summed E-state index contributed by atoms with van der Waals surface area (Å²) in [6.45, 7) is 1.58. The van der Waals surface area contributed by atoms with Crippen LogP contribution in [0.15, 0.2) is 53.3 Å². The van der Waals surface area contributed by atoms with Gasteiger partial charge >= 0.3 is 5.69 Å². The SMILES string of the molecule is O=c1[nH]c2ccccc2n1CCNCC(O)COc1ccccc1Cl. The Hall–Kier alpha value is -2.28. The standard InChI is InChI=1S/C18H20ClN3O3/c19-14-5-1-4-8-17(14)25-12-13(23)11-20-9-10-22-16-7-3-2-6-15(16)21-18(22)24/h1-8,13,20,23H,9-12H2,(H,21,24). The summed E-state index contributed by atoms with van der Waals surface area (Å²) in [5.41, 5.74) is 1.56. The molecule has 0 spiro atoms. The first-order chi connectivity index (χ1) is 12.1. The van der Waals surface area contributed by atoms with Gasteiger partial charge in [-0.15, -0.1) is 0 Å². The molecule has 7 heteroatoms. The lowest BCUT2D eigenvalue weighted by Gasteiger charge is -2.14. The number of aromatic nitrogens is 2. The van der Waals surface area contributed by atoms with Crippen LogP contribution in [0.3, 0.4) is 0 Å². The zero-order valence-corrected chi connectivity index (χ0v) is 14.4. The van der Waals surface area contributed by atoms with E-state index in [4.69, 9.17) is 16.3 Å². The first kappa shape index (κ1) is 17.5. The minimum Gasteiger partial charge on any atom is -0.489 e. The Bertz CT molecular complexity index is 890. The molecular weight excluding hydrogens is 342 g/mol. The predicted molar refractivity (Wildman–Crippen MR) is 98.4 cm³/mol. The van der Waals surface area contributed by atoms with Gasteiger partial charge in [0.25, 0.3) is 0 Å². The van der Waals surface area contributed by atoms with E-state index >= 15 is 0 Å². The first-order valence-corrected chi connectivity index (χ1v) is 8.46. The highest BCUT2D eigenvalue weighted by molar-refractivity contribution is 6.32. The highest BCUT2D eigenvalue weighted by Gasteiger charge is 2.08. The molecule has 3 aromatic rings. The highest BCUT2D eigenvalue weighted by atomic mass is 35.5. The Balaban J connectivity index is 1.44. The molecule has 6 nitrogen and oxygen atoms in total. The van der Waals surface area contributed by atoms with Crippen LogP contribution in [0.5, 0.6) is 5.75 Å². The molecule has 132 valence electrons. The lowest BCUT2D eigenvalue weighted by Crippen LogP contribution is -2.34. The van der Waals surface area contributed by atoms with Crippen LogP contribution in [0.2, 0.25) is 5.02 Å². The third kappa shape index (κ3) is 4.42. The first-order valence-electron chi connectivity index (χ1n) is 8.09. The Morgan fingerprint density at radius 2 is 1.96 bits per heavy atom. The van der Waals surface area contributed by atoms with E-state index in [0.29, 0.717) is 30.4 Å². The van der Waals surface area contributed by atoms with Crippen LogP contribution in [-0.4, -0.2) is 40.5 Å². The van der Waals surface area contributed by atoms with Gasteiger partial charge in [-0.05, 0) is 24.3 Å². The Morgan fingerprint density at radius 3 is 2.80 bits per heavy atom. The van der Waals surface area contributed by atoms with Crippen molar-refractivity contribution in [3.05, 3.63) is 64.0 Å². The molecular formula is C18H20ClN3O3. The zero-order chi connectivity index (χ0) is 17.6. The van der Waals surface area contributed by atoms with Crippen LogP contribution < -0.4 is 15.7 Å². The van der Waals surface area contributed by atoms with Gasteiger partial charge in [0.05, 0.1) is 16.1 Å². The quantitative estimate of drug-likeness (QED) is 0.536. The normalized spacial score (nSPS) is 12.4. The molecule has 1 aromatic heterocycles. The minimum absolute atomic E-state index is 0.134. The molecule has 1 unspecified atom stereocenters. The summed E-state index contributed by atoms with van der Waals surface area (Å²) >= 11 is 6.00. The van der Waals surface area contributed by atoms with Gasteiger partial charge in [-0.2, -0.15) is 0 Å². The number of imidazole rings is 1. The molecule has 0 aliphatic heterocycles. The molecule has 0 saturated heterocycles. The molecule has 0 aliphatic carbocycles.